The summed E-state index contributed by atoms with van der Waals surface area (Å²) in [4.78, 5) is 26.1. The van der Waals surface area contributed by atoms with Gasteiger partial charge in [0.2, 0.25) is 17.7 Å². The van der Waals surface area contributed by atoms with Gasteiger partial charge in [0.05, 0.1) is 22.3 Å². The molecule has 10 nitrogen and oxygen atoms in total. The second-order valence-electron chi connectivity index (χ2n) is 9.75. The summed E-state index contributed by atoms with van der Waals surface area (Å²) in [5.41, 5.74) is 0.212. The molecule has 0 aliphatic rings. The Bertz CT molecular complexity index is 1180. The molecule has 0 saturated heterocycles. The van der Waals surface area contributed by atoms with Gasteiger partial charge in [-0.3, -0.25) is 4.79 Å². The highest BCUT2D eigenvalue weighted by Crippen LogP contribution is 2.34. The SMILES string of the molecule is CCN(CCN(C)C)c1nc(OC)c(NC(=O)c2ccc(Oc3cccc([Si](C)(C)C)c3)o2)c(OC)n1. The minimum atomic E-state index is -1.50. The van der Waals surface area contributed by atoms with Crippen LogP contribution in [0.5, 0.6) is 23.5 Å². The lowest BCUT2D eigenvalue weighted by Gasteiger charge is -2.24. The van der Waals surface area contributed by atoms with Gasteiger partial charge in [-0.25, -0.2) is 0 Å². The Morgan fingerprint density at radius 3 is 2.27 bits per heavy atom. The van der Waals surface area contributed by atoms with Crippen molar-refractivity contribution in [1.82, 2.24) is 14.9 Å². The molecule has 0 fully saturated rings. The Morgan fingerprint density at radius 1 is 1.03 bits per heavy atom. The molecule has 2 heterocycles. The van der Waals surface area contributed by atoms with Crippen molar-refractivity contribution in [3.05, 3.63) is 42.2 Å². The van der Waals surface area contributed by atoms with Crippen molar-refractivity contribution in [3.63, 3.8) is 0 Å². The molecule has 3 rings (SSSR count). The van der Waals surface area contributed by atoms with Crippen LogP contribution in [0.4, 0.5) is 11.6 Å². The Kier molecular flexibility index (Phi) is 9.17. The number of carbonyl (C=O) groups excluding carboxylic acids is 1. The summed E-state index contributed by atoms with van der Waals surface area (Å²) >= 11 is 0. The molecule has 0 atom stereocenters. The number of methoxy groups -OCH3 is 2. The normalized spacial score (nSPS) is 11.4. The maximum absolute atomic E-state index is 13.0. The van der Waals surface area contributed by atoms with Gasteiger partial charge in [-0.1, -0.05) is 37.0 Å². The van der Waals surface area contributed by atoms with Crippen LogP contribution in [0.2, 0.25) is 19.6 Å². The third kappa shape index (κ3) is 7.23. The number of furan rings is 1. The minimum Gasteiger partial charge on any atom is -0.479 e. The fourth-order valence-corrected chi connectivity index (χ4v) is 4.66. The fraction of sp³-hybridized carbons (Fsp3) is 0.423. The van der Waals surface area contributed by atoms with Crippen LogP contribution < -0.4 is 29.6 Å². The predicted octanol–water partition coefficient (Wildman–Crippen LogP) is 4.06. The van der Waals surface area contributed by atoms with Crippen LogP contribution in [0, 0.1) is 0 Å². The highest BCUT2D eigenvalue weighted by molar-refractivity contribution is 6.88. The summed E-state index contributed by atoms with van der Waals surface area (Å²) in [5, 5.41) is 4.02. The van der Waals surface area contributed by atoms with E-state index in [-0.39, 0.29) is 29.2 Å². The highest BCUT2D eigenvalue weighted by Gasteiger charge is 2.23. The minimum absolute atomic E-state index is 0.0608. The van der Waals surface area contributed by atoms with Crippen molar-refractivity contribution in [2.45, 2.75) is 26.6 Å². The van der Waals surface area contributed by atoms with Crippen LogP contribution in [-0.2, 0) is 0 Å². The van der Waals surface area contributed by atoms with Crippen LogP contribution in [0.25, 0.3) is 0 Å². The van der Waals surface area contributed by atoms with Gasteiger partial charge in [-0.15, -0.1) is 0 Å². The second kappa shape index (κ2) is 12.1. The first-order valence-electron chi connectivity index (χ1n) is 12.1. The van der Waals surface area contributed by atoms with Gasteiger partial charge in [0.25, 0.3) is 11.9 Å². The highest BCUT2D eigenvalue weighted by atomic mass is 28.3. The van der Waals surface area contributed by atoms with E-state index in [2.05, 4.69) is 45.9 Å². The molecule has 200 valence electrons. The third-order valence-corrected chi connectivity index (χ3v) is 7.70. The summed E-state index contributed by atoms with van der Waals surface area (Å²) in [7, 11) is 5.47. The van der Waals surface area contributed by atoms with Crippen molar-refractivity contribution >= 4 is 30.8 Å². The summed E-state index contributed by atoms with van der Waals surface area (Å²) < 4.78 is 22.5. The zero-order chi connectivity index (χ0) is 27.2. The Balaban J connectivity index is 1.79. The molecule has 11 heteroatoms. The predicted molar refractivity (Wildman–Crippen MR) is 148 cm³/mol. The number of nitrogens with one attached hydrogen (secondary N) is 1. The van der Waals surface area contributed by atoms with E-state index in [1.54, 1.807) is 12.1 Å². The molecule has 0 spiro atoms. The van der Waals surface area contributed by atoms with Gasteiger partial charge in [0.15, 0.2) is 11.4 Å². The molecule has 0 aliphatic heterocycles. The largest absolute Gasteiger partial charge is 0.479 e. The average molecular weight is 528 g/mol. The van der Waals surface area contributed by atoms with Crippen molar-refractivity contribution in [2.75, 3.05) is 58.2 Å². The van der Waals surface area contributed by atoms with E-state index in [0.717, 1.165) is 13.1 Å². The van der Waals surface area contributed by atoms with Crippen molar-refractivity contribution in [3.8, 4) is 23.5 Å². The molecule has 0 radical (unpaired) electrons. The van der Waals surface area contributed by atoms with Crippen LogP contribution in [0.3, 0.4) is 0 Å². The molecule has 0 unspecified atom stereocenters. The lowest BCUT2D eigenvalue weighted by molar-refractivity contribution is 0.0990. The first-order chi connectivity index (χ1) is 17.5. The lowest BCUT2D eigenvalue weighted by atomic mass is 10.3. The first kappa shape index (κ1) is 28.0. The van der Waals surface area contributed by atoms with E-state index in [1.807, 2.05) is 44.1 Å². The molecule has 1 amide bonds. The van der Waals surface area contributed by atoms with E-state index in [9.17, 15) is 4.79 Å². The van der Waals surface area contributed by atoms with E-state index in [1.165, 1.54) is 19.4 Å². The number of carbonyl (C=O) groups is 1. The molecule has 2 aromatic heterocycles. The van der Waals surface area contributed by atoms with Crippen LogP contribution in [0.1, 0.15) is 17.5 Å². The van der Waals surface area contributed by atoms with Gasteiger partial charge in [-0.2, -0.15) is 9.97 Å². The van der Waals surface area contributed by atoms with Crippen LogP contribution in [-0.4, -0.2) is 76.8 Å². The standard InChI is InChI=1S/C26H37N5O5Si/c1-9-31(16-15-30(2)3)26-28-24(33-4)22(25(29-26)34-5)27-23(32)20-13-14-21(36-20)35-18-11-10-12-19(17-18)37(6,7)8/h10-14,17H,9,15-16H2,1-8H3,(H,27,32). The molecule has 37 heavy (non-hydrogen) atoms. The smallest absolute Gasteiger partial charge is 0.291 e. The van der Waals surface area contributed by atoms with Gasteiger partial charge >= 0.3 is 0 Å². The molecular weight excluding hydrogens is 490 g/mol. The van der Waals surface area contributed by atoms with E-state index in [4.69, 9.17) is 18.6 Å². The maximum atomic E-state index is 13.0. The summed E-state index contributed by atoms with van der Waals surface area (Å²) in [6, 6.07) is 11.1. The number of amides is 1. The lowest BCUT2D eigenvalue weighted by Crippen LogP contribution is -2.37. The topological polar surface area (TPSA) is 102 Å². The second-order valence-corrected chi connectivity index (χ2v) is 14.8. The van der Waals surface area contributed by atoms with Crippen molar-refractivity contribution in [2.24, 2.45) is 0 Å². The summed E-state index contributed by atoms with van der Waals surface area (Å²) in [6.07, 6.45) is 0. The Morgan fingerprint density at radius 2 is 1.70 bits per heavy atom. The number of ether oxygens (including phenoxy) is 3. The molecular formula is C26H37N5O5Si. The third-order valence-electron chi connectivity index (χ3n) is 5.66. The van der Waals surface area contributed by atoms with Crippen molar-refractivity contribution in [1.29, 1.82) is 0 Å². The number of aromatic nitrogens is 2. The number of anilines is 2. The molecule has 0 aliphatic carbocycles. The van der Waals surface area contributed by atoms with Gasteiger partial charge in [0.1, 0.15) is 5.75 Å². The van der Waals surface area contributed by atoms with Crippen molar-refractivity contribution < 1.29 is 23.4 Å². The number of rotatable bonds is 12. The zero-order valence-corrected chi connectivity index (χ0v) is 23.9. The van der Waals surface area contributed by atoms with Gasteiger partial charge < -0.3 is 33.7 Å². The van der Waals surface area contributed by atoms with E-state index >= 15 is 0 Å². The summed E-state index contributed by atoms with van der Waals surface area (Å²) in [6.45, 7) is 11.1. The quantitative estimate of drug-likeness (QED) is 0.349. The number of benzene rings is 1. The maximum Gasteiger partial charge on any atom is 0.291 e. The molecule has 0 bridgehead atoms. The number of nitrogens with zero attached hydrogens (tertiary/aromatic N) is 4. The monoisotopic (exact) mass is 527 g/mol. The van der Waals surface area contributed by atoms with Gasteiger partial charge in [-0.05, 0) is 39.2 Å². The average Bonchev–Trinajstić information content (AvgIpc) is 3.32. The fourth-order valence-electron chi connectivity index (χ4n) is 3.49. The molecule has 3 aromatic rings. The number of hydrogen-bond donors (Lipinski definition) is 1. The number of likely N-dealkylation sites (N-methyl/N-ethyl adjacent to an activating group) is 2. The van der Waals surface area contributed by atoms with E-state index < -0.39 is 14.0 Å². The molecule has 0 saturated carbocycles. The van der Waals surface area contributed by atoms with Crippen LogP contribution >= 0.6 is 0 Å². The zero-order valence-electron chi connectivity index (χ0n) is 22.9. The van der Waals surface area contributed by atoms with Crippen LogP contribution in [0.15, 0.2) is 40.8 Å². The number of hydrogen-bond acceptors (Lipinski definition) is 9. The Hall–Kier alpha value is -3.57. The van der Waals surface area contributed by atoms with E-state index in [0.29, 0.717) is 18.2 Å². The molecule has 1 N–H and O–H groups in total. The first-order valence-corrected chi connectivity index (χ1v) is 15.6. The van der Waals surface area contributed by atoms with Gasteiger partial charge in [0, 0.05) is 25.7 Å². The molecule has 1 aromatic carbocycles. The Labute approximate surface area is 219 Å². The summed E-state index contributed by atoms with van der Waals surface area (Å²) in [5.74, 6) is 1.23.